The molecule has 0 bridgehead atoms. The molecule has 0 aliphatic rings. The van der Waals surface area contributed by atoms with Gasteiger partial charge >= 0.3 is 6.47 Å². The number of carbonyl (C=O) groups excluding carboxylic acids is 1. The molecule has 0 saturated heterocycles. The molecule has 0 aliphatic carbocycles. The van der Waals surface area contributed by atoms with Gasteiger partial charge in [0.2, 0.25) is 0 Å². The molecule has 75 valence electrons. The summed E-state index contributed by atoms with van der Waals surface area (Å²) in [5.74, 6) is 0. The number of ether oxygens (including phenoxy) is 1. The molecule has 0 unspecified atom stereocenters. The molecule has 0 spiro atoms. The lowest BCUT2D eigenvalue weighted by molar-refractivity contribution is 0.270. The molecular formula is C11H14NO2. The van der Waals surface area contributed by atoms with Crippen LogP contribution in [-0.2, 0) is 16.0 Å². The summed E-state index contributed by atoms with van der Waals surface area (Å²) in [6.45, 7) is 1.86. The minimum atomic E-state index is 0.457. The van der Waals surface area contributed by atoms with Crippen LogP contribution in [0.15, 0.2) is 24.3 Å². The van der Waals surface area contributed by atoms with Crippen LogP contribution >= 0.6 is 0 Å². The van der Waals surface area contributed by atoms with E-state index in [0.717, 1.165) is 24.9 Å². The molecular weight excluding hydrogens is 178 g/mol. The maximum absolute atomic E-state index is 9.71. The largest absolute Gasteiger partial charge is 0.457 e. The Morgan fingerprint density at radius 2 is 1.93 bits per heavy atom. The highest BCUT2D eigenvalue weighted by Crippen LogP contribution is 2.08. The second kappa shape index (κ2) is 6.02. The van der Waals surface area contributed by atoms with Crippen LogP contribution in [0.5, 0.6) is 0 Å². The minimum Gasteiger partial charge on any atom is -0.457 e. The van der Waals surface area contributed by atoms with Gasteiger partial charge in [-0.3, -0.25) is 0 Å². The second-order valence-corrected chi connectivity index (χ2v) is 3.13. The van der Waals surface area contributed by atoms with E-state index in [0.29, 0.717) is 6.61 Å². The number of hydrogen-bond acceptors (Lipinski definition) is 3. The van der Waals surface area contributed by atoms with Gasteiger partial charge in [0.15, 0.2) is 0 Å². The summed E-state index contributed by atoms with van der Waals surface area (Å²) in [6.07, 6.45) is 2.87. The van der Waals surface area contributed by atoms with Gasteiger partial charge in [-0.25, -0.2) is 4.79 Å². The highest BCUT2D eigenvalue weighted by molar-refractivity contribution is 5.39. The van der Waals surface area contributed by atoms with Gasteiger partial charge in [0.05, 0.1) is 6.61 Å². The lowest BCUT2D eigenvalue weighted by Crippen LogP contribution is -1.93. The monoisotopic (exact) mass is 192 g/mol. The number of unbranched alkanes of at least 4 members (excludes halogenated alkanes) is 1. The fourth-order valence-electron chi connectivity index (χ4n) is 1.23. The lowest BCUT2D eigenvalue weighted by Gasteiger charge is -2.01. The van der Waals surface area contributed by atoms with Gasteiger partial charge in [0.1, 0.15) is 0 Å². The SMILES string of the molecule is Nc1ccc(CCCCO[C]=O)cc1. The number of rotatable bonds is 6. The van der Waals surface area contributed by atoms with E-state index in [4.69, 9.17) is 5.73 Å². The molecule has 1 aromatic carbocycles. The number of aryl methyl sites for hydroxylation is 1. The molecule has 0 amide bonds. The predicted octanol–water partition coefficient (Wildman–Crippen LogP) is 1.68. The Morgan fingerprint density at radius 3 is 2.57 bits per heavy atom. The summed E-state index contributed by atoms with van der Waals surface area (Å²) >= 11 is 0. The van der Waals surface area contributed by atoms with Gasteiger partial charge in [-0.2, -0.15) is 0 Å². The van der Waals surface area contributed by atoms with Crippen LogP contribution in [0, 0.1) is 0 Å². The van der Waals surface area contributed by atoms with Crippen LogP contribution < -0.4 is 5.73 Å². The standard InChI is InChI=1S/C11H14NO2/c12-11-6-4-10(5-7-11)3-1-2-8-14-9-13/h4-7H,1-3,8,12H2. The summed E-state index contributed by atoms with van der Waals surface area (Å²) in [6, 6.07) is 7.82. The van der Waals surface area contributed by atoms with Crippen LogP contribution in [0.4, 0.5) is 5.69 Å². The van der Waals surface area contributed by atoms with Gasteiger partial charge in [-0.1, -0.05) is 12.1 Å². The normalized spacial score (nSPS) is 9.71. The van der Waals surface area contributed by atoms with Crippen LogP contribution in [0.3, 0.4) is 0 Å². The molecule has 0 atom stereocenters. The average molecular weight is 192 g/mol. The number of benzene rings is 1. The van der Waals surface area contributed by atoms with Crippen molar-refractivity contribution in [2.24, 2.45) is 0 Å². The third kappa shape index (κ3) is 3.94. The van der Waals surface area contributed by atoms with Crippen molar-refractivity contribution in [2.45, 2.75) is 19.3 Å². The minimum absolute atomic E-state index is 0.457. The third-order valence-corrected chi connectivity index (χ3v) is 2.00. The van der Waals surface area contributed by atoms with Crippen molar-refractivity contribution >= 4 is 12.2 Å². The molecule has 2 N–H and O–H groups in total. The third-order valence-electron chi connectivity index (χ3n) is 2.00. The van der Waals surface area contributed by atoms with Gasteiger partial charge in [-0.05, 0) is 37.0 Å². The van der Waals surface area contributed by atoms with Crippen LogP contribution in [0.1, 0.15) is 18.4 Å². The smallest absolute Gasteiger partial charge is 0.417 e. The first kappa shape index (κ1) is 10.6. The van der Waals surface area contributed by atoms with Crippen LogP contribution in [0.2, 0.25) is 0 Å². The molecule has 14 heavy (non-hydrogen) atoms. The number of nitrogens with two attached hydrogens (primary N) is 1. The van der Waals surface area contributed by atoms with E-state index in [9.17, 15) is 4.79 Å². The highest BCUT2D eigenvalue weighted by atomic mass is 16.5. The fourth-order valence-corrected chi connectivity index (χ4v) is 1.23. The van der Waals surface area contributed by atoms with Crippen molar-refractivity contribution < 1.29 is 9.53 Å². The summed E-state index contributed by atoms with van der Waals surface area (Å²) in [4.78, 5) is 9.71. The quantitative estimate of drug-likeness (QED) is 0.551. The van der Waals surface area contributed by atoms with Crippen molar-refractivity contribution in [1.82, 2.24) is 0 Å². The number of anilines is 1. The molecule has 3 nitrogen and oxygen atoms in total. The lowest BCUT2D eigenvalue weighted by atomic mass is 10.1. The van der Waals surface area contributed by atoms with E-state index in [1.165, 1.54) is 12.0 Å². The Labute approximate surface area is 83.9 Å². The molecule has 0 aromatic heterocycles. The van der Waals surface area contributed by atoms with Gasteiger partial charge in [0, 0.05) is 5.69 Å². The van der Waals surface area contributed by atoms with E-state index in [-0.39, 0.29) is 0 Å². The van der Waals surface area contributed by atoms with Crippen molar-refractivity contribution in [1.29, 1.82) is 0 Å². The average Bonchev–Trinajstić information content (AvgIpc) is 2.21. The first-order valence-corrected chi connectivity index (χ1v) is 4.66. The molecule has 0 saturated carbocycles. The Balaban J connectivity index is 2.18. The first-order chi connectivity index (χ1) is 6.83. The maximum Gasteiger partial charge on any atom is 0.417 e. The van der Waals surface area contributed by atoms with Crippen LogP contribution in [0.25, 0.3) is 0 Å². The van der Waals surface area contributed by atoms with E-state index in [2.05, 4.69) is 4.74 Å². The second-order valence-electron chi connectivity index (χ2n) is 3.13. The van der Waals surface area contributed by atoms with Crippen LogP contribution in [-0.4, -0.2) is 13.1 Å². The summed E-state index contributed by atoms with van der Waals surface area (Å²) < 4.78 is 4.46. The van der Waals surface area contributed by atoms with Crippen molar-refractivity contribution in [2.75, 3.05) is 12.3 Å². The summed E-state index contributed by atoms with van der Waals surface area (Å²) in [5.41, 5.74) is 7.60. The van der Waals surface area contributed by atoms with Crippen molar-refractivity contribution in [3.63, 3.8) is 0 Å². The highest BCUT2D eigenvalue weighted by Gasteiger charge is 1.93. The predicted molar refractivity (Wildman–Crippen MR) is 55.4 cm³/mol. The van der Waals surface area contributed by atoms with Gasteiger partial charge in [0.25, 0.3) is 0 Å². The maximum atomic E-state index is 9.71. The number of nitrogen functional groups attached to an aromatic ring is 1. The molecule has 0 heterocycles. The van der Waals surface area contributed by atoms with Crippen molar-refractivity contribution in [3.8, 4) is 0 Å². The van der Waals surface area contributed by atoms with E-state index >= 15 is 0 Å². The summed E-state index contributed by atoms with van der Waals surface area (Å²) in [7, 11) is 0. The van der Waals surface area contributed by atoms with Gasteiger partial charge in [-0.15, -0.1) is 0 Å². The van der Waals surface area contributed by atoms with Crippen molar-refractivity contribution in [3.05, 3.63) is 29.8 Å². The molecule has 3 heteroatoms. The zero-order valence-corrected chi connectivity index (χ0v) is 8.03. The van der Waals surface area contributed by atoms with E-state index in [1.807, 2.05) is 24.3 Å². The first-order valence-electron chi connectivity index (χ1n) is 4.66. The topological polar surface area (TPSA) is 52.3 Å². The number of hydrogen-bond donors (Lipinski definition) is 1. The molecule has 1 aromatic rings. The zero-order valence-electron chi connectivity index (χ0n) is 8.03. The summed E-state index contributed by atoms with van der Waals surface area (Å²) in [5, 5.41) is 0. The Kier molecular flexibility index (Phi) is 4.55. The zero-order chi connectivity index (χ0) is 10.2. The van der Waals surface area contributed by atoms with Gasteiger partial charge < -0.3 is 10.5 Å². The molecule has 0 aliphatic heterocycles. The molecule has 1 rings (SSSR count). The van der Waals surface area contributed by atoms with E-state index < -0.39 is 0 Å². The molecule has 0 fully saturated rings. The Morgan fingerprint density at radius 1 is 1.21 bits per heavy atom. The molecule has 1 radical (unpaired) electrons. The Hall–Kier alpha value is -1.51. The van der Waals surface area contributed by atoms with E-state index in [1.54, 1.807) is 0 Å². The Bertz CT molecular complexity index is 269. The fraction of sp³-hybridized carbons (Fsp3) is 0.364.